The fourth-order valence-corrected chi connectivity index (χ4v) is 6.31. The predicted octanol–water partition coefficient (Wildman–Crippen LogP) is 5.45. The SMILES string of the molecule is Cc1ncsc1-c1ccc(CCC(=O)C2CC(O)CN2C(=O)C(c2cc(C(C)(C)C)no2)C2CCC2)cc1. The van der Waals surface area contributed by atoms with Crippen molar-refractivity contribution in [2.45, 2.75) is 89.7 Å². The lowest BCUT2D eigenvalue weighted by Crippen LogP contribution is -2.45. The Hall–Kier alpha value is -2.84. The van der Waals surface area contributed by atoms with E-state index >= 15 is 0 Å². The molecule has 1 saturated heterocycles. The molecule has 1 aliphatic heterocycles. The monoisotopic (exact) mass is 535 g/mol. The number of aliphatic hydroxyl groups excluding tert-OH is 1. The summed E-state index contributed by atoms with van der Waals surface area (Å²) >= 11 is 1.62. The summed E-state index contributed by atoms with van der Waals surface area (Å²) in [5, 5.41) is 14.7. The van der Waals surface area contributed by atoms with Gasteiger partial charge in [-0.05, 0) is 43.2 Å². The fourth-order valence-electron chi connectivity index (χ4n) is 5.50. The second-order valence-electron chi connectivity index (χ2n) is 11.9. The van der Waals surface area contributed by atoms with Crippen LogP contribution in [0.5, 0.6) is 0 Å². The number of amides is 1. The number of benzene rings is 1. The normalized spacial score (nSPS) is 20.9. The molecule has 1 amide bonds. The number of hydrogen-bond acceptors (Lipinski definition) is 7. The Kier molecular flexibility index (Phi) is 7.56. The molecule has 38 heavy (non-hydrogen) atoms. The van der Waals surface area contributed by atoms with Crippen LogP contribution in [0.4, 0.5) is 0 Å². The molecule has 1 aromatic carbocycles. The first-order chi connectivity index (χ1) is 18.1. The molecule has 0 spiro atoms. The molecule has 3 unspecified atom stereocenters. The highest BCUT2D eigenvalue weighted by molar-refractivity contribution is 7.13. The fraction of sp³-hybridized carbons (Fsp3) is 0.533. The highest BCUT2D eigenvalue weighted by Crippen LogP contribution is 2.42. The van der Waals surface area contributed by atoms with E-state index in [1.54, 1.807) is 16.2 Å². The van der Waals surface area contributed by atoms with Crippen LogP contribution in [-0.4, -0.2) is 50.5 Å². The molecule has 7 nitrogen and oxygen atoms in total. The second-order valence-corrected chi connectivity index (χ2v) is 12.7. The quantitative estimate of drug-likeness (QED) is 0.412. The average molecular weight is 536 g/mol. The Morgan fingerprint density at radius 2 is 1.95 bits per heavy atom. The third-order valence-electron chi connectivity index (χ3n) is 8.05. The van der Waals surface area contributed by atoms with Crippen molar-refractivity contribution in [1.82, 2.24) is 15.0 Å². The van der Waals surface area contributed by atoms with E-state index in [1.165, 1.54) is 0 Å². The van der Waals surface area contributed by atoms with E-state index in [0.717, 1.165) is 46.7 Å². The molecule has 0 radical (unpaired) electrons. The van der Waals surface area contributed by atoms with Crippen molar-refractivity contribution in [3.05, 3.63) is 58.6 Å². The molecule has 5 rings (SSSR count). The molecule has 2 aliphatic rings. The van der Waals surface area contributed by atoms with Crippen LogP contribution in [0.1, 0.15) is 81.5 Å². The van der Waals surface area contributed by atoms with Crippen LogP contribution in [0.2, 0.25) is 0 Å². The van der Waals surface area contributed by atoms with E-state index in [2.05, 4.69) is 55.2 Å². The number of Topliss-reactive ketones (excluding diaryl/α,β-unsaturated/α-hetero) is 1. The van der Waals surface area contributed by atoms with Crippen LogP contribution in [0.3, 0.4) is 0 Å². The number of aryl methyl sites for hydroxylation is 2. The molecular formula is C30H37N3O4S. The minimum Gasteiger partial charge on any atom is -0.391 e. The Morgan fingerprint density at radius 3 is 2.53 bits per heavy atom. The largest absolute Gasteiger partial charge is 0.391 e. The second kappa shape index (κ2) is 10.7. The van der Waals surface area contributed by atoms with Gasteiger partial charge in [-0.1, -0.05) is 56.6 Å². The molecule has 3 atom stereocenters. The van der Waals surface area contributed by atoms with Gasteiger partial charge in [0.25, 0.3) is 0 Å². The summed E-state index contributed by atoms with van der Waals surface area (Å²) in [6.07, 6.45) is 3.50. The lowest BCUT2D eigenvalue weighted by Gasteiger charge is -2.35. The first-order valence-electron chi connectivity index (χ1n) is 13.6. The zero-order valence-electron chi connectivity index (χ0n) is 22.6. The molecule has 3 heterocycles. The first-order valence-corrected chi connectivity index (χ1v) is 14.5. The van der Waals surface area contributed by atoms with Crippen molar-refractivity contribution >= 4 is 23.0 Å². The third kappa shape index (κ3) is 5.47. The van der Waals surface area contributed by atoms with Gasteiger partial charge in [0, 0.05) is 30.9 Å². The number of likely N-dealkylation sites (tertiary alicyclic amines) is 1. The zero-order valence-corrected chi connectivity index (χ0v) is 23.5. The maximum atomic E-state index is 13.9. The third-order valence-corrected chi connectivity index (χ3v) is 9.02. The molecule has 2 fully saturated rings. The van der Waals surface area contributed by atoms with E-state index in [-0.39, 0.29) is 36.0 Å². The predicted molar refractivity (Wildman–Crippen MR) is 147 cm³/mol. The van der Waals surface area contributed by atoms with Crippen molar-refractivity contribution in [3.63, 3.8) is 0 Å². The number of β-amino-alcohol motifs (C(OH)–C–C–N with tert-alkyl or cyclic N) is 1. The number of nitrogens with zero attached hydrogens (tertiary/aromatic N) is 3. The Morgan fingerprint density at radius 1 is 1.21 bits per heavy atom. The number of aromatic nitrogens is 2. The molecule has 1 N–H and O–H groups in total. The van der Waals surface area contributed by atoms with Gasteiger partial charge in [-0.2, -0.15) is 0 Å². The van der Waals surface area contributed by atoms with E-state index in [1.807, 2.05) is 18.5 Å². The molecular weight excluding hydrogens is 498 g/mol. The Bertz CT molecular complexity index is 1290. The van der Waals surface area contributed by atoms with Gasteiger partial charge >= 0.3 is 0 Å². The number of hydrogen-bond donors (Lipinski definition) is 1. The summed E-state index contributed by atoms with van der Waals surface area (Å²) < 4.78 is 5.71. The maximum absolute atomic E-state index is 13.9. The van der Waals surface area contributed by atoms with Crippen LogP contribution in [0.25, 0.3) is 10.4 Å². The average Bonchev–Trinajstić information content (AvgIpc) is 3.59. The van der Waals surface area contributed by atoms with Gasteiger partial charge in [0.2, 0.25) is 5.91 Å². The summed E-state index contributed by atoms with van der Waals surface area (Å²) in [5.41, 5.74) is 5.69. The molecule has 2 aromatic heterocycles. The van der Waals surface area contributed by atoms with Crippen LogP contribution in [0, 0.1) is 12.8 Å². The van der Waals surface area contributed by atoms with E-state index in [0.29, 0.717) is 18.6 Å². The van der Waals surface area contributed by atoms with Crippen molar-refractivity contribution in [2.75, 3.05) is 6.54 Å². The summed E-state index contributed by atoms with van der Waals surface area (Å²) in [5.74, 6) is 0.171. The molecule has 1 saturated carbocycles. The summed E-state index contributed by atoms with van der Waals surface area (Å²) in [4.78, 5) is 34.4. The van der Waals surface area contributed by atoms with Crippen molar-refractivity contribution in [1.29, 1.82) is 0 Å². The summed E-state index contributed by atoms with van der Waals surface area (Å²) in [6, 6.07) is 9.55. The van der Waals surface area contributed by atoms with Crippen LogP contribution in [-0.2, 0) is 21.4 Å². The molecule has 8 heteroatoms. The maximum Gasteiger partial charge on any atom is 0.234 e. The Balaban J connectivity index is 1.28. The topological polar surface area (TPSA) is 96.5 Å². The summed E-state index contributed by atoms with van der Waals surface area (Å²) in [6.45, 7) is 8.38. The van der Waals surface area contributed by atoms with Gasteiger partial charge in [0.1, 0.15) is 11.7 Å². The van der Waals surface area contributed by atoms with Crippen LogP contribution < -0.4 is 0 Å². The minimum absolute atomic E-state index is 0.00223. The van der Waals surface area contributed by atoms with Crippen molar-refractivity contribution < 1.29 is 19.2 Å². The van der Waals surface area contributed by atoms with Crippen molar-refractivity contribution in [2.24, 2.45) is 5.92 Å². The highest BCUT2D eigenvalue weighted by atomic mass is 32.1. The lowest BCUT2D eigenvalue weighted by molar-refractivity contribution is -0.141. The standard InChI is InChI=1S/C30H37N3O4S/c1-18-28(38-17-31-18)21-11-8-19(9-12-21)10-13-24(35)23-14-22(34)16-33(23)29(36)27(20-6-5-7-20)25-15-26(32-37-25)30(2,3)4/h8-9,11-12,15,17,20,22-23,27,34H,5-7,10,13-14,16H2,1-4H3. The van der Waals surface area contributed by atoms with E-state index < -0.39 is 18.1 Å². The number of thiazole rings is 1. The lowest BCUT2D eigenvalue weighted by atomic mass is 9.74. The van der Waals surface area contributed by atoms with Gasteiger partial charge in [-0.25, -0.2) is 4.98 Å². The van der Waals surface area contributed by atoms with Crippen LogP contribution in [0.15, 0.2) is 40.4 Å². The van der Waals surface area contributed by atoms with E-state index in [4.69, 9.17) is 4.52 Å². The van der Waals surface area contributed by atoms with Gasteiger partial charge in [0.15, 0.2) is 5.78 Å². The van der Waals surface area contributed by atoms with Gasteiger partial charge in [-0.15, -0.1) is 11.3 Å². The van der Waals surface area contributed by atoms with Gasteiger partial charge < -0.3 is 14.5 Å². The van der Waals surface area contributed by atoms with E-state index in [9.17, 15) is 14.7 Å². The van der Waals surface area contributed by atoms with Crippen molar-refractivity contribution in [3.8, 4) is 10.4 Å². The molecule has 3 aromatic rings. The minimum atomic E-state index is -0.697. The zero-order chi connectivity index (χ0) is 27.0. The number of aliphatic hydroxyl groups is 1. The smallest absolute Gasteiger partial charge is 0.234 e. The molecule has 0 bridgehead atoms. The number of carbonyl (C=O) groups is 2. The van der Waals surface area contributed by atoms with Gasteiger partial charge in [0.05, 0.1) is 33.9 Å². The number of ketones is 1. The molecule has 202 valence electrons. The number of rotatable bonds is 8. The van der Waals surface area contributed by atoms with Crippen LogP contribution >= 0.6 is 11.3 Å². The first kappa shape index (κ1) is 26.8. The van der Waals surface area contributed by atoms with Gasteiger partial charge in [-0.3, -0.25) is 9.59 Å². The highest BCUT2D eigenvalue weighted by Gasteiger charge is 2.45. The number of carbonyl (C=O) groups excluding carboxylic acids is 2. The Labute approximate surface area is 228 Å². The summed E-state index contributed by atoms with van der Waals surface area (Å²) in [7, 11) is 0. The molecule has 1 aliphatic carbocycles.